The first-order valence-corrected chi connectivity index (χ1v) is 8.46. The quantitative estimate of drug-likeness (QED) is 0.782. The Labute approximate surface area is 119 Å². The van der Waals surface area contributed by atoms with E-state index in [1.165, 1.54) is 6.07 Å². The van der Waals surface area contributed by atoms with Gasteiger partial charge >= 0.3 is 0 Å². The number of aliphatic hydroxyl groups excluding tert-OH is 1. The zero-order valence-electron chi connectivity index (χ0n) is 11.7. The van der Waals surface area contributed by atoms with Gasteiger partial charge in [-0.3, -0.25) is 0 Å². The Balaban J connectivity index is 2.07. The molecule has 0 radical (unpaired) electrons. The monoisotopic (exact) mass is 302 g/mol. The van der Waals surface area contributed by atoms with Crippen LogP contribution in [0.2, 0.25) is 0 Å². The molecule has 1 aliphatic heterocycles. The van der Waals surface area contributed by atoms with Crippen LogP contribution in [-0.2, 0) is 27.9 Å². The van der Waals surface area contributed by atoms with E-state index in [4.69, 9.17) is 4.74 Å². The van der Waals surface area contributed by atoms with E-state index < -0.39 is 10.0 Å². The summed E-state index contributed by atoms with van der Waals surface area (Å²) in [4.78, 5) is 0.202. The normalized spacial score (nSPS) is 19.6. The Bertz CT molecular complexity index is 533. The standard InChI is InChI=1S/C13H22N2O4S/c1-2-5-15-9-13(7-11(15)10-16)20(17,18)14-8-12-4-3-6-19-12/h7,9,12,14,16H,2-6,8,10H2,1H3. The van der Waals surface area contributed by atoms with E-state index in [1.54, 1.807) is 10.8 Å². The van der Waals surface area contributed by atoms with Crippen LogP contribution in [-0.4, -0.2) is 37.3 Å². The highest BCUT2D eigenvalue weighted by Gasteiger charge is 2.22. The van der Waals surface area contributed by atoms with Gasteiger partial charge in [0.15, 0.2) is 0 Å². The highest BCUT2D eigenvalue weighted by Crippen LogP contribution is 2.16. The minimum absolute atomic E-state index is 0.0279. The van der Waals surface area contributed by atoms with Gasteiger partial charge < -0.3 is 14.4 Å². The second kappa shape index (κ2) is 6.71. The summed E-state index contributed by atoms with van der Waals surface area (Å²) < 4.78 is 34.2. The van der Waals surface area contributed by atoms with Crippen molar-refractivity contribution in [2.45, 2.75) is 50.3 Å². The molecule has 0 amide bonds. The van der Waals surface area contributed by atoms with Crippen molar-refractivity contribution in [2.24, 2.45) is 0 Å². The van der Waals surface area contributed by atoms with Gasteiger partial charge in [0.05, 0.1) is 17.6 Å². The Morgan fingerprint density at radius 1 is 1.55 bits per heavy atom. The highest BCUT2D eigenvalue weighted by atomic mass is 32.2. The van der Waals surface area contributed by atoms with Crippen LogP contribution in [0.1, 0.15) is 31.9 Å². The van der Waals surface area contributed by atoms with Crippen molar-refractivity contribution >= 4 is 10.0 Å². The van der Waals surface area contributed by atoms with E-state index in [0.29, 0.717) is 25.4 Å². The van der Waals surface area contributed by atoms with Gasteiger partial charge in [-0.15, -0.1) is 0 Å². The minimum atomic E-state index is -3.54. The number of sulfonamides is 1. The fraction of sp³-hybridized carbons (Fsp3) is 0.692. The molecule has 2 heterocycles. The van der Waals surface area contributed by atoms with E-state index in [-0.39, 0.29) is 17.6 Å². The minimum Gasteiger partial charge on any atom is -0.390 e. The van der Waals surface area contributed by atoms with Crippen molar-refractivity contribution < 1.29 is 18.3 Å². The fourth-order valence-electron chi connectivity index (χ4n) is 2.34. The van der Waals surface area contributed by atoms with Crippen LogP contribution in [0.15, 0.2) is 17.2 Å². The van der Waals surface area contributed by atoms with Gasteiger partial charge in [0, 0.05) is 31.6 Å². The maximum atomic E-state index is 12.2. The molecule has 1 atom stereocenters. The molecule has 0 saturated carbocycles. The van der Waals surface area contributed by atoms with Crippen molar-refractivity contribution in [3.63, 3.8) is 0 Å². The Kier molecular flexibility index (Phi) is 5.20. The molecule has 2 rings (SSSR count). The molecule has 2 N–H and O–H groups in total. The van der Waals surface area contributed by atoms with E-state index in [2.05, 4.69) is 4.72 Å². The molecule has 6 nitrogen and oxygen atoms in total. The first-order chi connectivity index (χ1) is 9.56. The van der Waals surface area contributed by atoms with Gasteiger partial charge in [0.25, 0.3) is 0 Å². The average molecular weight is 302 g/mol. The molecule has 0 bridgehead atoms. The number of hydrogen-bond donors (Lipinski definition) is 2. The van der Waals surface area contributed by atoms with Gasteiger partial charge in [-0.2, -0.15) is 0 Å². The number of nitrogens with zero attached hydrogens (tertiary/aromatic N) is 1. The van der Waals surface area contributed by atoms with Gasteiger partial charge in [-0.05, 0) is 25.3 Å². The van der Waals surface area contributed by atoms with Gasteiger partial charge in [0.2, 0.25) is 10.0 Å². The molecule has 7 heteroatoms. The van der Waals surface area contributed by atoms with Gasteiger partial charge in [0.1, 0.15) is 0 Å². The summed E-state index contributed by atoms with van der Waals surface area (Å²) in [6.07, 6.45) is 4.30. The molecule has 1 saturated heterocycles. The Hall–Kier alpha value is -0.890. The third-order valence-corrected chi connectivity index (χ3v) is 4.81. The van der Waals surface area contributed by atoms with Crippen LogP contribution in [0.4, 0.5) is 0 Å². The number of ether oxygens (including phenoxy) is 1. The molecule has 1 aliphatic rings. The molecule has 114 valence electrons. The number of aliphatic hydroxyl groups is 1. The largest absolute Gasteiger partial charge is 0.390 e. The first kappa shape index (κ1) is 15.5. The summed E-state index contributed by atoms with van der Waals surface area (Å²) in [5, 5.41) is 9.27. The third kappa shape index (κ3) is 3.60. The van der Waals surface area contributed by atoms with E-state index in [9.17, 15) is 13.5 Å². The first-order valence-electron chi connectivity index (χ1n) is 6.98. The summed E-state index contributed by atoms with van der Waals surface area (Å²) in [5.41, 5.74) is 0.615. The van der Waals surface area contributed by atoms with Crippen LogP contribution < -0.4 is 4.72 Å². The highest BCUT2D eigenvalue weighted by molar-refractivity contribution is 7.89. The van der Waals surface area contributed by atoms with E-state index >= 15 is 0 Å². The maximum absolute atomic E-state index is 12.2. The van der Waals surface area contributed by atoms with Crippen molar-refractivity contribution in [1.82, 2.24) is 9.29 Å². The molecular formula is C13H22N2O4S. The predicted octanol–water partition coefficient (Wildman–Crippen LogP) is 0.848. The van der Waals surface area contributed by atoms with E-state index in [1.807, 2.05) is 6.92 Å². The van der Waals surface area contributed by atoms with Crippen molar-refractivity contribution in [3.8, 4) is 0 Å². The molecule has 1 aromatic heterocycles. The molecule has 20 heavy (non-hydrogen) atoms. The molecular weight excluding hydrogens is 280 g/mol. The molecule has 1 aromatic rings. The van der Waals surface area contributed by atoms with Crippen LogP contribution in [0.25, 0.3) is 0 Å². The SMILES string of the molecule is CCCn1cc(S(=O)(=O)NCC2CCCO2)cc1CO. The fourth-order valence-corrected chi connectivity index (χ4v) is 3.47. The topological polar surface area (TPSA) is 80.6 Å². The number of aryl methyl sites for hydroxylation is 1. The van der Waals surface area contributed by atoms with Gasteiger partial charge in [-0.1, -0.05) is 6.92 Å². The number of rotatable bonds is 7. The summed E-state index contributed by atoms with van der Waals surface area (Å²) in [6.45, 7) is 3.53. The number of hydrogen-bond acceptors (Lipinski definition) is 4. The van der Waals surface area contributed by atoms with Crippen molar-refractivity contribution in [2.75, 3.05) is 13.2 Å². The van der Waals surface area contributed by atoms with Crippen LogP contribution in [0.3, 0.4) is 0 Å². The van der Waals surface area contributed by atoms with Crippen LogP contribution in [0, 0.1) is 0 Å². The summed E-state index contributed by atoms with van der Waals surface area (Å²) in [5.74, 6) is 0. The molecule has 0 spiro atoms. The lowest BCUT2D eigenvalue weighted by molar-refractivity contribution is 0.114. The Morgan fingerprint density at radius 3 is 2.95 bits per heavy atom. The Morgan fingerprint density at radius 2 is 2.35 bits per heavy atom. The zero-order chi connectivity index (χ0) is 14.6. The van der Waals surface area contributed by atoms with Crippen molar-refractivity contribution in [1.29, 1.82) is 0 Å². The smallest absolute Gasteiger partial charge is 0.242 e. The molecule has 1 unspecified atom stereocenters. The van der Waals surface area contributed by atoms with Gasteiger partial charge in [-0.25, -0.2) is 13.1 Å². The second-order valence-corrected chi connectivity index (χ2v) is 6.77. The lowest BCUT2D eigenvalue weighted by Gasteiger charge is -2.10. The van der Waals surface area contributed by atoms with Crippen LogP contribution in [0.5, 0.6) is 0 Å². The number of aromatic nitrogens is 1. The molecule has 1 fully saturated rings. The summed E-state index contributed by atoms with van der Waals surface area (Å²) in [7, 11) is -3.54. The molecule has 0 aromatic carbocycles. The maximum Gasteiger partial charge on any atom is 0.242 e. The molecule has 0 aliphatic carbocycles. The van der Waals surface area contributed by atoms with Crippen molar-refractivity contribution in [3.05, 3.63) is 18.0 Å². The lowest BCUT2D eigenvalue weighted by atomic mass is 10.2. The van der Waals surface area contributed by atoms with E-state index in [0.717, 1.165) is 19.3 Å². The third-order valence-electron chi connectivity index (χ3n) is 3.42. The lowest BCUT2D eigenvalue weighted by Crippen LogP contribution is -2.31. The predicted molar refractivity (Wildman–Crippen MR) is 74.8 cm³/mol. The second-order valence-electron chi connectivity index (χ2n) is 5.01. The summed E-state index contributed by atoms with van der Waals surface area (Å²) in [6, 6.07) is 1.52. The number of nitrogens with one attached hydrogen (secondary N) is 1. The average Bonchev–Trinajstić information content (AvgIpc) is 3.06. The summed E-state index contributed by atoms with van der Waals surface area (Å²) >= 11 is 0. The zero-order valence-corrected chi connectivity index (χ0v) is 12.5. The van der Waals surface area contributed by atoms with Crippen LogP contribution >= 0.6 is 0 Å².